The van der Waals surface area contributed by atoms with E-state index >= 15 is 0 Å². The van der Waals surface area contributed by atoms with Crippen molar-refractivity contribution in [3.8, 4) is 0 Å². The molecule has 112 valence electrons. The summed E-state index contributed by atoms with van der Waals surface area (Å²) in [5.41, 5.74) is 6.54. The number of nitrogens with one attached hydrogen (secondary N) is 1. The van der Waals surface area contributed by atoms with Crippen molar-refractivity contribution in [2.24, 2.45) is 0 Å². The molecule has 0 heterocycles. The zero-order valence-electron chi connectivity index (χ0n) is 13.1. The summed E-state index contributed by atoms with van der Waals surface area (Å²) in [6.07, 6.45) is 8.83. The molecule has 0 aliphatic heterocycles. The van der Waals surface area contributed by atoms with E-state index < -0.39 is 0 Å². The lowest BCUT2D eigenvalue weighted by atomic mass is 10.0. The Balaban J connectivity index is 1.70. The van der Waals surface area contributed by atoms with Crippen LogP contribution >= 0.6 is 11.8 Å². The van der Waals surface area contributed by atoms with Crippen molar-refractivity contribution in [3.05, 3.63) is 65.3 Å². The minimum atomic E-state index is 0.971. The first-order valence-electron chi connectivity index (χ1n) is 7.65. The van der Waals surface area contributed by atoms with Gasteiger partial charge in [0.05, 0.1) is 0 Å². The summed E-state index contributed by atoms with van der Waals surface area (Å²) in [4.78, 5) is 0. The molecule has 1 nitrogen and oxygen atoms in total. The lowest BCUT2D eigenvalue weighted by Crippen LogP contribution is -2.15. The van der Waals surface area contributed by atoms with Gasteiger partial charge in [-0.25, -0.2) is 0 Å². The predicted molar refractivity (Wildman–Crippen MR) is 96.8 cm³/mol. The van der Waals surface area contributed by atoms with Crippen LogP contribution in [0.25, 0.3) is 5.70 Å². The average molecular weight is 299 g/mol. The molecule has 2 heteroatoms. The van der Waals surface area contributed by atoms with Crippen molar-refractivity contribution in [1.82, 2.24) is 5.32 Å². The SMILES string of the molecule is C=C(NCCSCC1=CC=CC1)c1ccc(CC)c(C)c1. The lowest BCUT2D eigenvalue weighted by molar-refractivity contribution is 0.951. The summed E-state index contributed by atoms with van der Waals surface area (Å²) in [5, 5.41) is 3.44. The van der Waals surface area contributed by atoms with Crippen molar-refractivity contribution in [2.45, 2.75) is 26.7 Å². The van der Waals surface area contributed by atoms with Crippen molar-refractivity contribution >= 4 is 17.5 Å². The third-order valence-corrected chi connectivity index (χ3v) is 4.86. The lowest BCUT2D eigenvalue weighted by Gasteiger charge is -2.12. The molecule has 1 aliphatic carbocycles. The second-order valence-corrected chi connectivity index (χ2v) is 6.52. The third-order valence-electron chi connectivity index (χ3n) is 3.79. The van der Waals surface area contributed by atoms with Crippen molar-refractivity contribution in [2.75, 3.05) is 18.1 Å². The highest BCUT2D eigenvalue weighted by Crippen LogP contribution is 2.18. The predicted octanol–water partition coefficient (Wildman–Crippen LogP) is 4.74. The molecular formula is C19H25NS. The molecule has 0 saturated heterocycles. The molecule has 0 saturated carbocycles. The quantitative estimate of drug-likeness (QED) is 0.696. The first-order chi connectivity index (χ1) is 10.2. The number of rotatable bonds is 8. The zero-order valence-corrected chi connectivity index (χ0v) is 13.9. The Bertz CT molecular complexity index is 555. The molecular weight excluding hydrogens is 274 g/mol. The molecule has 0 unspecified atom stereocenters. The normalized spacial score (nSPS) is 13.3. The summed E-state index contributed by atoms with van der Waals surface area (Å²) >= 11 is 1.99. The van der Waals surface area contributed by atoms with Crippen LogP contribution in [0.4, 0.5) is 0 Å². The van der Waals surface area contributed by atoms with E-state index in [9.17, 15) is 0 Å². The van der Waals surface area contributed by atoms with Crippen molar-refractivity contribution < 1.29 is 0 Å². The summed E-state index contributed by atoms with van der Waals surface area (Å²) in [6.45, 7) is 9.50. The number of aryl methyl sites for hydroxylation is 2. The topological polar surface area (TPSA) is 12.0 Å². The van der Waals surface area contributed by atoms with Gasteiger partial charge in [-0.3, -0.25) is 0 Å². The minimum Gasteiger partial charge on any atom is -0.384 e. The van der Waals surface area contributed by atoms with E-state index in [-0.39, 0.29) is 0 Å². The van der Waals surface area contributed by atoms with Crippen LogP contribution in [0.15, 0.2) is 48.6 Å². The molecule has 0 amide bonds. The molecule has 1 aromatic rings. The molecule has 0 aromatic heterocycles. The zero-order chi connectivity index (χ0) is 15.1. The van der Waals surface area contributed by atoms with Gasteiger partial charge in [0.15, 0.2) is 0 Å². The van der Waals surface area contributed by atoms with Gasteiger partial charge in [-0.2, -0.15) is 11.8 Å². The van der Waals surface area contributed by atoms with Gasteiger partial charge in [0.25, 0.3) is 0 Å². The van der Waals surface area contributed by atoms with E-state index in [0.29, 0.717) is 0 Å². The van der Waals surface area contributed by atoms with Gasteiger partial charge < -0.3 is 5.32 Å². The molecule has 0 atom stereocenters. The smallest absolute Gasteiger partial charge is 0.0341 e. The standard InChI is InChI=1S/C19H25NS/c1-4-18-9-10-19(13-15(18)2)16(3)20-11-12-21-14-17-7-5-6-8-17/h5-7,9-10,13,20H,3-4,8,11-12,14H2,1-2H3. The second kappa shape index (κ2) is 8.14. The summed E-state index contributed by atoms with van der Waals surface area (Å²) in [5.74, 6) is 2.26. The molecule has 1 aliphatic rings. The van der Waals surface area contributed by atoms with Crippen LogP contribution in [0.2, 0.25) is 0 Å². The maximum absolute atomic E-state index is 4.15. The minimum absolute atomic E-state index is 0.971. The highest BCUT2D eigenvalue weighted by molar-refractivity contribution is 7.99. The van der Waals surface area contributed by atoms with E-state index in [1.54, 1.807) is 0 Å². The molecule has 2 rings (SSSR count). The number of benzene rings is 1. The van der Waals surface area contributed by atoms with Gasteiger partial charge in [-0.15, -0.1) is 0 Å². The van der Waals surface area contributed by atoms with Crippen LogP contribution < -0.4 is 5.32 Å². The Hall–Kier alpha value is -1.41. The Morgan fingerprint density at radius 2 is 2.24 bits per heavy atom. The van der Waals surface area contributed by atoms with Crippen LogP contribution in [0.1, 0.15) is 30.0 Å². The number of hydrogen-bond acceptors (Lipinski definition) is 2. The van der Waals surface area contributed by atoms with Gasteiger partial charge in [0.1, 0.15) is 0 Å². The van der Waals surface area contributed by atoms with Gasteiger partial charge in [-0.1, -0.05) is 49.4 Å². The second-order valence-electron chi connectivity index (χ2n) is 5.41. The van der Waals surface area contributed by atoms with Crippen molar-refractivity contribution in [1.29, 1.82) is 0 Å². The summed E-state index contributed by atoms with van der Waals surface area (Å²) in [7, 11) is 0. The van der Waals surface area contributed by atoms with E-state index in [2.05, 4.69) is 62.2 Å². The number of allylic oxidation sites excluding steroid dienone is 3. The Kier molecular flexibility index (Phi) is 6.19. The van der Waals surface area contributed by atoms with Gasteiger partial charge in [-0.05, 0) is 42.5 Å². The fraction of sp³-hybridized carbons (Fsp3) is 0.368. The van der Waals surface area contributed by atoms with Crippen LogP contribution in [0.5, 0.6) is 0 Å². The van der Waals surface area contributed by atoms with E-state index in [0.717, 1.165) is 36.6 Å². The van der Waals surface area contributed by atoms with Gasteiger partial charge in [0.2, 0.25) is 0 Å². The fourth-order valence-electron chi connectivity index (χ4n) is 2.46. The Labute approximate surface area is 133 Å². The molecule has 0 radical (unpaired) electrons. The van der Waals surface area contributed by atoms with Crippen LogP contribution in [-0.4, -0.2) is 18.1 Å². The Morgan fingerprint density at radius 3 is 2.90 bits per heavy atom. The van der Waals surface area contributed by atoms with Crippen LogP contribution in [0, 0.1) is 6.92 Å². The average Bonchev–Trinajstić information content (AvgIpc) is 3.00. The van der Waals surface area contributed by atoms with Gasteiger partial charge >= 0.3 is 0 Å². The van der Waals surface area contributed by atoms with Gasteiger partial charge in [0, 0.05) is 23.7 Å². The fourth-order valence-corrected chi connectivity index (χ4v) is 3.33. The van der Waals surface area contributed by atoms with Crippen LogP contribution in [-0.2, 0) is 6.42 Å². The molecule has 0 spiro atoms. The highest BCUT2D eigenvalue weighted by Gasteiger charge is 2.03. The van der Waals surface area contributed by atoms with Crippen LogP contribution in [0.3, 0.4) is 0 Å². The van der Waals surface area contributed by atoms with E-state index in [1.165, 1.54) is 22.3 Å². The monoisotopic (exact) mass is 299 g/mol. The summed E-state index contributed by atoms with van der Waals surface area (Å²) < 4.78 is 0. The number of hydrogen-bond donors (Lipinski definition) is 1. The highest BCUT2D eigenvalue weighted by atomic mass is 32.2. The van der Waals surface area contributed by atoms with E-state index in [4.69, 9.17) is 0 Å². The first kappa shape index (κ1) is 16.0. The third kappa shape index (κ3) is 4.82. The number of thioether (sulfide) groups is 1. The maximum atomic E-state index is 4.15. The molecule has 0 bridgehead atoms. The molecule has 1 N–H and O–H groups in total. The molecule has 0 fully saturated rings. The van der Waals surface area contributed by atoms with E-state index in [1.807, 2.05) is 11.8 Å². The molecule has 1 aromatic carbocycles. The maximum Gasteiger partial charge on any atom is 0.0341 e. The summed E-state index contributed by atoms with van der Waals surface area (Å²) in [6, 6.07) is 6.62. The van der Waals surface area contributed by atoms with Crippen molar-refractivity contribution in [3.63, 3.8) is 0 Å². The first-order valence-corrected chi connectivity index (χ1v) is 8.81. The Morgan fingerprint density at radius 1 is 1.38 bits per heavy atom. The molecule has 21 heavy (non-hydrogen) atoms. The largest absolute Gasteiger partial charge is 0.384 e.